The molecule has 0 aliphatic heterocycles. The van der Waals surface area contributed by atoms with Gasteiger partial charge in [0.05, 0.1) is 7.11 Å². The second kappa shape index (κ2) is 6.03. The SMILES string of the molecule is COC(=O)c1nnn(CCC(C)(C)C)c1-c1ccncc1. The zero-order chi connectivity index (χ0) is 15.5. The Morgan fingerprint density at radius 3 is 2.52 bits per heavy atom. The van der Waals surface area contributed by atoms with Gasteiger partial charge in [0.15, 0.2) is 5.69 Å². The van der Waals surface area contributed by atoms with Crippen LogP contribution in [0.15, 0.2) is 24.5 Å². The van der Waals surface area contributed by atoms with Crippen LogP contribution in [0.25, 0.3) is 11.3 Å². The number of aryl methyl sites for hydroxylation is 1. The predicted molar refractivity (Wildman–Crippen MR) is 78.7 cm³/mol. The van der Waals surface area contributed by atoms with Gasteiger partial charge in [0, 0.05) is 24.5 Å². The molecule has 0 amide bonds. The highest BCUT2D eigenvalue weighted by molar-refractivity contribution is 5.93. The van der Waals surface area contributed by atoms with Gasteiger partial charge in [0.1, 0.15) is 5.69 Å². The second-order valence-corrected chi connectivity index (χ2v) is 6.05. The number of hydrogen-bond donors (Lipinski definition) is 0. The Bertz CT molecular complexity index is 614. The van der Waals surface area contributed by atoms with Gasteiger partial charge in [-0.3, -0.25) is 4.98 Å². The van der Waals surface area contributed by atoms with E-state index in [9.17, 15) is 4.79 Å². The Labute approximate surface area is 124 Å². The lowest BCUT2D eigenvalue weighted by atomic mass is 9.92. The van der Waals surface area contributed by atoms with Crippen LogP contribution in [0.4, 0.5) is 0 Å². The van der Waals surface area contributed by atoms with E-state index in [1.165, 1.54) is 7.11 Å². The number of nitrogens with zero attached hydrogens (tertiary/aromatic N) is 4. The van der Waals surface area contributed by atoms with Crippen molar-refractivity contribution in [3.05, 3.63) is 30.2 Å². The fraction of sp³-hybridized carbons (Fsp3) is 0.467. The van der Waals surface area contributed by atoms with Crippen LogP contribution in [-0.2, 0) is 11.3 Å². The molecule has 6 nitrogen and oxygen atoms in total. The van der Waals surface area contributed by atoms with E-state index >= 15 is 0 Å². The molecule has 6 heteroatoms. The number of carbonyl (C=O) groups excluding carboxylic acids is 1. The van der Waals surface area contributed by atoms with E-state index in [2.05, 4.69) is 36.1 Å². The lowest BCUT2D eigenvalue weighted by molar-refractivity contribution is 0.0595. The molecule has 0 spiro atoms. The molecule has 0 radical (unpaired) electrons. The quantitative estimate of drug-likeness (QED) is 0.809. The molecular weight excluding hydrogens is 268 g/mol. The first-order valence-electron chi connectivity index (χ1n) is 6.84. The topological polar surface area (TPSA) is 69.9 Å². The number of rotatable bonds is 4. The highest BCUT2D eigenvalue weighted by Crippen LogP contribution is 2.25. The normalized spacial score (nSPS) is 11.4. The molecule has 0 aliphatic rings. The molecule has 2 aromatic heterocycles. The van der Waals surface area contributed by atoms with Gasteiger partial charge in [-0.2, -0.15) is 0 Å². The van der Waals surface area contributed by atoms with Crippen molar-refractivity contribution in [1.29, 1.82) is 0 Å². The van der Waals surface area contributed by atoms with Crippen LogP contribution >= 0.6 is 0 Å². The molecule has 2 aromatic rings. The van der Waals surface area contributed by atoms with Gasteiger partial charge >= 0.3 is 5.97 Å². The Balaban J connectivity index is 2.42. The summed E-state index contributed by atoms with van der Waals surface area (Å²) in [4.78, 5) is 15.9. The molecule has 2 heterocycles. The minimum atomic E-state index is -0.483. The van der Waals surface area contributed by atoms with Crippen LogP contribution in [0, 0.1) is 5.41 Å². The van der Waals surface area contributed by atoms with Crippen molar-refractivity contribution in [2.24, 2.45) is 5.41 Å². The van der Waals surface area contributed by atoms with Gasteiger partial charge < -0.3 is 4.74 Å². The monoisotopic (exact) mass is 288 g/mol. The first-order valence-corrected chi connectivity index (χ1v) is 6.84. The summed E-state index contributed by atoms with van der Waals surface area (Å²) in [5.41, 5.74) is 1.93. The van der Waals surface area contributed by atoms with Crippen molar-refractivity contribution in [3.63, 3.8) is 0 Å². The van der Waals surface area contributed by atoms with E-state index < -0.39 is 5.97 Å². The van der Waals surface area contributed by atoms with E-state index in [-0.39, 0.29) is 11.1 Å². The number of hydrogen-bond acceptors (Lipinski definition) is 5. The third-order valence-corrected chi connectivity index (χ3v) is 3.14. The Morgan fingerprint density at radius 2 is 1.95 bits per heavy atom. The molecule has 0 fully saturated rings. The predicted octanol–water partition coefficient (Wildman–Crippen LogP) is 2.56. The number of aromatic nitrogens is 4. The minimum absolute atomic E-state index is 0.174. The summed E-state index contributed by atoms with van der Waals surface area (Å²) in [7, 11) is 1.34. The van der Waals surface area contributed by atoms with Gasteiger partial charge in [-0.25, -0.2) is 9.48 Å². The maximum absolute atomic E-state index is 11.9. The summed E-state index contributed by atoms with van der Waals surface area (Å²) < 4.78 is 6.54. The molecule has 0 saturated carbocycles. The Kier molecular flexibility index (Phi) is 4.35. The molecule has 21 heavy (non-hydrogen) atoms. The Hall–Kier alpha value is -2.24. The van der Waals surface area contributed by atoms with Gasteiger partial charge in [0.25, 0.3) is 0 Å². The highest BCUT2D eigenvalue weighted by atomic mass is 16.5. The standard InChI is InChI=1S/C15H20N4O2/c1-15(2,3)7-10-19-13(11-5-8-16-9-6-11)12(17-18-19)14(20)21-4/h5-6,8-9H,7,10H2,1-4H3. The highest BCUT2D eigenvalue weighted by Gasteiger charge is 2.22. The van der Waals surface area contributed by atoms with Crippen molar-refractivity contribution in [2.45, 2.75) is 33.7 Å². The average molecular weight is 288 g/mol. The van der Waals surface area contributed by atoms with Crippen LogP contribution in [-0.4, -0.2) is 33.1 Å². The number of carbonyl (C=O) groups is 1. The van der Waals surface area contributed by atoms with Gasteiger partial charge in [-0.05, 0) is 24.0 Å². The van der Waals surface area contributed by atoms with Crippen molar-refractivity contribution < 1.29 is 9.53 Å². The summed E-state index contributed by atoms with van der Waals surface area (Å²) in [6.45, 7) is 7.18. The van der Waals surface area contributed by atoms with Crippen molar-refractivity contribution in [1.82, 2.24) is 20.0 Å². The van der Waals surface area contributed by atoms with Gasteiger partial charge in [-0.15, -0.1) is 5.10 Å². The molecular formula is C15H20N4O2. The fourth-order valence-electron chi connectivity index (χ4n) is 1.94. The number of pyridine rings is 1. The zero-order valence-electron chi connectivity index (χ0n) is 12.8. The summed E-state index contributed by atoms with van der Waals surface area (Å²) in [5.74, 6) is -0.483. The molecule has 0 bridgehead atoms. The third-order valence-electron chi connectivity index (χ3n) is 3.14. The lowest BCUT2D eigenvalue weighted by Crippen LogP contribution is -2.13. The maximum Gasteiger partial charge on any atom is 0.360 e. The van der Waals surface area contributed by atoms with Crippen molar-refractivity contribution in [2.75, 3.05) is 7.11 Å². The second-order valence-electron chi connectivity index (χ2n) is 6.05. The minimum Gasteiger partial charge on any atom is -0.464 e. The van der Waals surface area contributed by atoms with Crippen LogP contribution in [0.1, 0.15) is 37.7 Å². The molecule has 0 aliphatic carbocycles. The maximum atomic E-state index is 11.9. The van der Waals surface area contributed by atoms with Crippen LogP contribution < -0.4 is 0 Å². The fourth-order valence-corrected chi connectivity index (χ4v) is 1.94. The van der Waals surface area contributed by atoms with Crippen LogP contribution in [0.3, 0.4) is 0 Å². The van der Waals surface area contributed by atoms with Crippen molar-refractivity contribution >= 4 is 5.97 Å². The van der Waals surface area contributed by atoms with E-state index in [1.807, 2.05) is 12.1 Å². The molecule has 2 rings (SSSR count). The number of methoxy groups -OCH3 is 1. The molecule has 0 N–H and O–H groups in total. The Morgan fingerprint density at radius 1 is 1.29 bits per heavy atom. The molecule has 0 unspecified atom stereocenters. The lowest BCUT2D eigenvalue weighted by Gasteiger charge is -2.18. The molecule has 0 saturated heterocycles. The van der Waals surface area contributed by atoms with E-state index in [1.54, 1.807) is 17.1 Å². The first kappa shape index (κ1) is 15.2. The van der Waals surface area contributed by atoms with Gasteiger partial charge in [-0.1, -0.05) is 26.0 Å². The average Bonchev–Trinajstić information content (AvgIpc) is 2.88. The molecule has 112 valence electrons. The first-order chi connectivity index (χ1) is 9.92. The summed E-state index contributed by atoms with van der Waals surface area (Å²) in [6.07, 6.45) is 4.28. The summed E-state index contributed by atoms with van der Waals surface area (Å²) in [5, 5.41) is 8.09. The number of esters is 1. The summed E-state index contributed by atoms with van der Waals surface area (Å²) >= 11 is 0. The van der Waals surface area contributed by atoms with Crippen LogP contribution in [0.2, 0.25) is 0 Å². The van der Waals surface area contributed by atoms with E-state index in [4.69, 9.17) is 4.74 Å². The van der Waals surface area contributed by atoms with Crippen LogP contribution in [0.5, 0.6) is 0 Å². The van der Waals surface area contributed by atoms with Crippen molar-refractivity contribution in [3.8, 4) is 11.3 Å². The molecule has 0 atom stereocenters. The van der Waals surface area contributed by atoms with Gasteiger partial charge in [0.2, 0.25) is 0 Å². The summed E-state index contributed by atoms with van der Waals surface area (Å²) in [6, 6.07) is 3.66. The smallest absolute Gasteiger partial charge is 0.360 e. The van der Waals surface area contributed by atoms with E-state index in [0.29, 0.717) is 12.2 Å². The largest absolute Gasteiger partial charge is 0.464 e. The zero-order valence-corrected chi connectivity index (χ0v) is 12.8. The number of ether oxygens (including phenoxy) is 1. The van der Waals surface area contributed by atoms with E-state index in [0.717, 1.165) is 12.0 Å². The molecule has 0 aromatic carbocycles. The third kappa shape index (κ3) is 3.65.